The molecule has 3 rings (SSSR count). The molecular weight excluding hydrogens is 327 g/mol. The molecule has 5 N–H and O–H groups in total. The molecule has 0 saturated carbocycles. The number of rotatable bonds is 3. The highest BCUT2D eigenvalue weighted by atomic mass is 35.5. The van der Waals surface area contributed by atoms with E-state index in [0.29, 0.717) is 11.8 Å². The zero-order valence-electron chi connectivity index (χ0n) is 12.3. The Labute approximate surface area is 142 Å². The van der Waals surface area contributed by atoms with Crippen molar-refractivity contribution in [2.45, 2.75) is 6.10 Å². The Morgan fingerprint density at radius 3 is 2.41 bits per heavy atom. The Hall–Kier alpha value is -1.37. The van der Waals surface area contributed by atoms with E-state index >= 15 is 0 Å². The number of quaternary nitrogens is 1. The number of hydrogen-bond acceptors (Lipinski definition) is 4. The van der Waals surface area contributed by atoms with Crippen LogP contribution in [0.25, 0.3) is 0 Å². The molecule has 1 saturated heterocycles. The molecule has 1 aromatic carbocycles. The number of phenolic OH excluding ortho intramolecular Hbond substituents is 1. The summed E-state index contributed by atoms with van der Waals surface area (Å²) in [6, 6.07) is 7.88. The number of phenols is 1. The van der Waals surface area contributed by atoms with Crippen molar-refractivity contribution in [3.63, 3.8) is 0 Å². The Kier molecular flexibility index (Phi) is 7.06. The van der Waals surface area contributed by atoms with Crippen LogP contribution in [0.15, 0.2) is 24.3 Å². The lowest BCUT2D eigenvalue weighted by atomic mass is 10.2. The number of nitrogens with zero attached hydrogens (tertiary/aromatic N) is 1. The first-order chi connectivity index (χ1) is 9.70. The van der Waals surface area contributed by atoms with E-state index in [1.165, 1.54) is 5.69 Å². The first-order valence-electron chi connectivity index (χ1n) is 7.11. The fourth-order valence-corrected chi connectivity index (χ4v) is 2.86. The monoisotopic (exact) mass is 348 g/mol. The highest BCUT2D eigenvalue weighted by molar-refractivity contribution is 5.65. The van der Waals surface area contributed by atoms with Gasteiger partial charge in [-0.1, -0.05) is 0 Å². The van der Waals surface area contributed by atoms with Crippen LogP contribution in [0, 0.1) is 0 Å². The lowest BCUT2D eigenvalue weighted by molar-refractivity contribution is -0.903. The first-order valence-corrected chi connectivity index (χ1v) is 7.11. The molecule has 0 amide bonds. The maximum absolute atomic E-state index is 9.32. The van der Waals surface area contributed by atoms with E-state index in [1.54, 1.807) is 17.0 Å². The van der Waals surface area contributed by atoms with Gasteiger partial charge in [-0.3, -0.25) is 5.73 Å². The summed E-state index contributed by atoms with van der Waals surface area (Å²) in [6.07, 6.45) is 0.199. The Balaban J connectivity index is 0.00000121. The number of amidine groups is 1. The van der Waals surface area contributed by atoms with Crippen LogP contribution in [0.5, 0.6) is 5.75 Å². The third kappa shape index (κ3) is 4.56. The van der Waals surface area contributed by atoms with Crippen molar-refractivity contribution in [2.75, 3.05) is 44.2 Å². The van der Waals surface area contributed by atoms with Crippen LogP contribution >= 0.6 is 0 Å². The second kappa shape index (κ2) is 8.31. The minimum atomic E-state index is 0. The molecule has 0 radical (unpaired) electrons. The molecule has 2 heterocycles. The van der Waals surface area contributed by atoms with Crippen LogP contribution in [-0.4, -0.2) is 56.5 Å². The van der Waals surface area contributed by atoms with Crippen molar-refractivity contribution < 1.29 is 44.5 Å². The highest BCUT2D eigenvalue weighted by Gasteiger charge is 2.29. The molecule has 8 heteroatoms. The maximum atomic E-state index is 9.32. The van der Waals surface area contributed by atoms with Gasteiger partial charge < -0.3 is 44.5 Å². The minimum Gasteiger partial charge on any atom is -1.00 e. The topological polar surface area (TPSA) is 77.1 Å². The molecule has 1 fully saturated rings. The van der Waals surface area contributed by atoms with Crippen LogP contribution in [0.1, 0.15) is 0 Å². The van der Waals surface area contributed by atoms with E-state index in [9.17, 15) is 5.11 Å². The van der Waals surface area contributed by atoms with Crippen molar-refractivity contribution in [1.29, 1.82) is 0 Å². The largest absolute Gasteiger partial charge is 1.00 e. The van der Waals surface area contributed by atoms with E-state index in [1.807, 2.05) is 12.1 Å². The third-order valence-corrected chi connectivity index (χ3v) is 4.00. The molecule has 1 atom stereocenters. The number of benzene rings is 1. The number of halogens is 2. The fourth-order valence-electron chi connectivity index (χ4n) is 2.86. The molecule has 2 aliphatic heterocycles. The zero-order valence-corrected chi connectivity index (χ0v) is 13.8. The molecule has 1 unspecified atom stereocenters. The number of aromatic hydroxyl groups is 1. The summed E-state index contributed by atoms with van der Waals surface area (Å²) in [5.41, 5.74) is 6.76. The Bertz CT molecular complexity index is 490. The average molecular weight is 349 g/mol. The summed E-state index contributed by atoms with van der Waals surface area (Å²) in [7, 11) is 0. The van der Waals surface area contributed by atoms with Gasteiger partial charge in [-0.05, 0) is 24.3 Å². The van der Waals surface area contributed by atoms with Gasteiger partial charge >= 0.3 is 6.02 Å². The summed E-state index contributed by atoms with van der Waals surface area (Å²) in [5.74, 6) is 0.317. The maximum Gasteiger partial charge on any atom is 0.440 e. The second-order valence-electron chi connectivity index (χ2n) is 5.44. The van der Waals surface area contributed by atoms with E-state index in [4.69, 9.17) is 10.5 Å². The number of piperazine rings is 1. The summed E-state index contributed by atoms with van der Waals surface area (Å²) in [6.45, 7) is 6.06. The van der Waals surface area contributed by atoms with Gasteiger partial charge in [0.1, 0.15) is 18.8 Å². The molecule has 124 valence electrons. The van der Waals surface area contributed by atoms with Crippen LogP contribution in [-0.2, 0) is 4.74 Å². The standard InChI is InChI=1S/C14H20N4O2.2ClH/c15-14-16-9-13(20-14)10-17-5-7-18(8-6-17)11-1-3-12(19)4-2-11;;/h1-4,13,19H,5-10H2,(H2,15,16);2*1H. The average Bonchev–Trinajstić information content (AvgIpc) is 2.86. The molecule has 0 aromatic heterocycles. The first kappa shape index (κ1) is 18.7. The summed E-state index contributed by atoms with van der Waals surface area (Å²) in [5, 5.41) is 9.32. The van der Waals surface area contributed by atoms with Gasteiger partial charge in [0.15, 0.2) is 6.10 Å². The van der Waals surface area contributed by atoms with Crippen LogP contribution in [0.4, 0.5) is 5.69 Å². The minimum absolute atomic E-state index is 0. The van der Waals surface area contributed by atoms with Crippen molar-refractivity contribution in [1.82, 2.24) is 0 Å². The summed E-state index contributed by atoms with van der Waals surface area (Å²) < 4.78 is 5.51. The molecule has 1 aromatic rings. The van der Waals surface area contributed by atoms with E-state index < -0.39 is 0 Å². The van der Waals surface area contributed by atoms with Gasteiger partial charge in [0.25, 0.3) is 0 Å². The van der Waals surface area contributed by atoms with Crippen molar-refractivity contribution >= 4 is 11.7 Å². The van der Waals surface area contributed by atoms with Crippen molar-refractivity contribution in [3.8, 4) is 5.75 Å². The van der Waals surface area contributed by atoms with Gasteiger partial charge in [-0.25, -0.2) is 4.99 Å². The highest BCUT2D eigenvalue weighted by Crippen LogP contribution is 2.18. The van der Waals surface area contributed by atoms with Crippen molar-refractivity contribution in [3.05, 3.63) is 24.3 Å². The summed E-state index contributed by atoms with van der Waals surface area (Å²) >= 11 is 0. The van der Waals surface area contributed by atoms with Crippen LogP contribution in [0.3, 0.4) is 0 Å². The smallest absolute Gasteiger partial charge is 0.440 e. The van der Waals surface area contributed by atoms with Gasteiger partial charge in [-0.15, -0.1) is 0 Å². The molecule has 0 aliphatic carbocycles. The molecule has 6 nitrogen and oxygen atoms in total. The number of nitrogens with two attached hydrogens (primary N) is 1. The molecular formula is C14H22Cl2N4O2. The predicted octanol–water partition coefficient (Wildman–Crippen LogP) is -9.10. The lowest BCUT2D eigenvalue weighted by Crippen LogP contribution is -3.16. The Morgan fingerprint density at radius 1 is 1.23 bits per heavy atom. The lowest BCUT2D eigenvalue weighted by Gasteiger charge is -2.34. The third-order valence-electron chi connectivity index (χ3n) is 4.00. The zero-order chi connectivity index (χ0) is 13.9. The Morgan fingerprint density at radius 2 is 1.86 bits per heavy atom. The van der Waals surface area contributed by atoms with Gasteiger partial charge in [0.05, 0.1) is 26.2 Å². The summed E-state index contributed by atoms with van der Waals surface area (Å²) in [4.78, 5) is 6.94. The van der Waals surface area contributed by atoms with E-state index in [0.717, 1.165) is 39.3 Å². The number of ether oxygens (including phenoxy) is 1. The number of nitrogens with one attached hydrogen (secondary N) is 2. The van der Waals surface area contributed by atoms with Gasteiger partial charge in [0, 0.05) is 5.69 Å². The molecule has 22 heavy (non-hydrogen) atoms. The van der Waals surface area contributed by atoms with Crippen LogP contribution < -0.4 is 45.3 Å². The normalized spacial score (nSPS) is 21.4. The number of anilines is 1. The van der Waals surface area contributed by atoms with Crippen LogP contribution in [0.2, 0.25) is 0 Å². The van der Waals surface area contributed by atoms with E-state index in [-0.39, 0.29) is 30.9 Å². The molecule has 0 spiro atoms. The second-order valence-corrected chi connectivity index (χ2v) is 5.44. The fraction of sp³-hybridized carbons (Fsp3) is 0.500. The van der Waals surface area contributed by atoms with Gasteiger partial charge in [-0.2, -0.15) is 0 Å². The molecule has 2 aliphatic rings. The SMILES string of the molecule is NC1=[NH+]CC(C[NH+]2CCN(c3ccc(O)cc3)CC2)O1.[Cl-].[Cl-]. The van der Waals surface area contributed by atoms with Gasteiger partial charge in [0.2, 0.25) is 0 Å². The van der Waals surface area contributed by atoms with E-state index in [2.05, 4.69) is 9.89 Å². The molecule has 0 bridgehead atoms. The number of hydrogen-bond donors (Lipinski definition) is 4. The van der Waals surface area contributed by atoms with Crippen molar-refractivity contribution in [2.24, 2.45) is 5.73 Å². The predicted molar refractivity (Wildman–Crippen MR) is 75.8 cm³/mol. The quantitative estimate of drug-likeness (QED) is 0.437.